The van der Waals surface area contributed by atoms with Gasteiger partial charge >= 0.3 is 5.97 Å². The highest BCUT2D eigenvalue weighted by Gasteiger charge is 2.18. The van der Waals surface area contributed by atoms with E-state index in [1.807, 2.05) is 6.26 Å². The van der Waals surface area contributed by atoms with E-state index >= 15 is 0 Å². The number of halogens is 2. The van der Waals surface area contributed by atoms with E-state index in [2.05, 4.69) is 0 Å². The largest absolute Gasteiger partial charge is 0.507 e. The lowest BCUT2D eigenvalue weighted by Gasteiger charge is -2.10. The van der Waals surface area contributed by atoms with Crippen molar-refractivity contribution in [3.8, 4) is 5.75 Å². The molecule has 6 heteroatoms. The average molecular weight is 383 g/mol. The monoisotopic (exact) mass is 382 g/mol. The fraction of sp³-hybridized carbons (Fsp3) is 0.167. The molecule has 0 unspecified atom stereocenters. The van der Waals surface area contributed by atoms with Crippen molar-refractivity contribution in [1.29, 1.82) is 0 Å². The molecule has 0 heterocycles. The SMILES string of the molecule is CCOC(=O)c1c(O)cc(/C=C/c2c(Cl)cccc2Cl)cc1SC. The molecule has 0 aliphatic heterocycles. The van der Waals surface area contributed by atoms with Gasteiger partial charge in [0, 0.05) is 20.5 Å². The molecular formula is C18H16Cl2O3S. The van der Waals surface area contributed by atoms with Gasteiger partial charge in [-0.2, -0.15) is 0 Å². The summed E-state index contributed by atoms with van der Waals surface area (Å²) in [6.07, 6.45) is 5.38. The summed E-state index contributed by atoms with van der Waals surface area (Å²) >= 11 is 13.6. The van der Waals surface area contributed by atoms with Gasteiger partial charge in [0.15, 0.2) is 0 Å². The van der Waals surface area contributed by atoms with Gasteiger partial charge in [-0.25, -0.2) is 4.79 Å². The Balaban J connectivity index is 2.41. The lowest BCUT2D eigenvalue weighted by atomic mass is 10.1. The van der Waals surface area contributed by atoms with Crippen molar-refractivity contribution < 1.29 is 14.6 Å². The van der Waals surface area contributed by atoms with Crippen LogP contribution in [-0.4, -0.2) is 23.9 Å². The minimum Gasteiger partial charge on any atom is -0.507 e. The van der Waals surface area contributed by atoms with Gasteiger partial charge in [-0.3, -0.25) is 0 Å². The zero-order valence-corrected chi connectivity index (χ0v) is 15.5. The van der Waals surface area contributed by atoms with E-state index in [1.54, 1.807) is 43.3 Å². The molecule has 126 valence electrons. The van der Waals surface area contributed by atoms with Crippen LogP contribution in [-0.2, 0) is 4.74 Å². The van der Waals surface area contributed by atoms with Crippen LogP contribution in [0.25, 0.3) is 12.2 Å². The zero-order valence-electron chi connectivity index (χ0n) is 13.2. The minimum absolute atomic E-state index is 0.120. The van der Waals surface area contributed by atoms with Crippen LogP contribution in [0.15, 0.2) is 35.2 Å². The Labute approximate surface area is 155 Å². The number of benzene rings is 2. The molecule has 0 fully saturated rings. The number of phenolic OH excluding ortho intramolecular Hbond substituents is 1. The Kier molecular flexibility index (Phi) is 6.60. The molecule has 0 amide bonds. The minimum atomic E-state index is -0.538. The summed E-state index contributed by atoms with van der Waals surface area (Å²) in [7, 11) is 0. The fourth-order valence-corrected chi connectivity index (χ4v) is 3.31. The van der Waals surface area contributed by atoms with Gasteiger partial charge in [0.2, 0.25) is 0 Å². The molecule has 0 aliphatic rings. The van der Waals surface area contributed by atoms with Crippen molar-refractivity contribution in [2.45, 2.75) is 11.8 Å². The van der Waals surface area contributed by atoms with Gasteiger partial charge < -0.3 is 9.84 Å². The first-order chi connectivity index (χ1) is 11.5. The molecule has 2 aromatic rings. The molecule has 2 aromatic carbocycles. The van der Waals surface area contributed by atoms with E-state index < -0.39 is 5.97 Å². The van der Waals surface area contributed by atoms with Gasteiger partial charge in [-0.1, -0.05) is 41.4 Å². The highest BCUT2D eigenvalue weighted by atomic mass is 35.5. The zero-order chi connectivity index (χ0) is 17.7. The first kappa shape index (κ1) is 18.7. The highest BCUT2D eigenvalue weighted by molar-refractivity contribution is 7.98. The van der Waals surface area contributed by atoms with E-state index in [0.29, 0.717) is 20.5 Å². The lowest BCUT2D eigenvalue weighted by molar-refractivity contribution is 0.0519. The molecular weight excluding hydrogens is 367 g/mol. The predicted octanol–water partition coefficient (Wildman–Crippen LogP) is 5.77. The Bertz CT molecular complexity index is 768. The van der Waals surface area contributed by atoms with E-state index in [9.17, 15) is 9.90 Å². The summed E-state index contributed by atoms with van der Waals surface area (Å²) in [5, 5.41) is 11.3. The lowest BCUT2D eigenvalue weighted by Crippen LogP contribution is -2.06. The quantitative estimate of drug-likeness (QED) is 0.405. The molecule has 1 N–H and O–H groups in total. The van der Waals surface area contributed by atoms with Crippen molar-refractivity contribution in [1.82, 2.24) is 0 Å². The number of hydrogen-bond acceptors (Lipinski definition) is 4. The summed E-state index contributed by atoms with van der Waals surface area (Å²) < 4.78 is 4.99. The van der Waals surface area contributed by atoms with E-state index in [1.165, 1.54) is 17.8 Å². The Morgan fingerprint density at radius 1 is 1.25 bits per heavy atom. The van der Waals surface area contributed by atoms with Crippen LogP contribution < -0.4 is 0 Å². The Morgan fingerprint density at radius 2 is 1.92 bits per heavy atom. The number of ether oxygens (including phenoxy) is 1. The molecule has 0 saturated carbocycles. The molecule has 0 atom stereocenters. The van der Waals surface area contributed by atoms with Crippen LogP contribution in [0.2, 0.25) is 10.0 Å². The second-order valence-corrected chi connectivity index (χ2v) is 6.47. The molecule has 2 rings (SSSR count). The van der Waals surface area contributed by atoms with Crippen LogP contribution in [0.4, 0.5) is 0 Å². The van der Waals surface area contributed by atoms with Gasteiger partial charge in [0.1, 0.15) is 11.3 Å². The number of phenols is 1. The van der Waals surface area contributed by atoms with Crippen LogP contribution >= 0.6 is 35.0 Å². The molecule has 0 radical (unpaired) electrons. The maximum Gasteiger partial charge on any atom is 0.343 e. The highest BCUT2D eigenvalue weighted by Crippen LogP contribution is 2.32. The predicted molar refractivity (Wildman–Crippen MR) is 101 cm³/mol. The normalized spacial score (nSPS) is 11.0. The standard InChI is InChI=1S/C18H16Cl2O3S/c1-3-23-18(22)17-15(21)9-11(10-16(17)24-2)7-8-12-13(19)5-4-6-14(12)20/h4-10,21H,3H2,1-2H3/b8-7+. The summed E-state index contributed by atoms with van der Waals surface area (Å²) in [4.78, 5) is 12.6. The Hall–Kier alpha value is -1.62. The van der Waals surface area contributed by atoms with Gasteiger partial charge in [0.05, 0.1) is 6.61 Å². The maximum atomic E-state index is 12.0. The molecule has 0 aromatic heterocycles. The van der Waals surface area contributed by atoms with Crippen molar-refractivity contribution in [3.63, 3.8) is 0 Å². The van der Waals surface area contributed by atoms with Crippen LogP contribution in [0.5, 0.6) is 5.75 Å². The molecule has 24 heavy (non-hydrogen) atoms. The van der Waals surface area contributed by atoms with E-state index in [-0.39, 0.29) is 17.9 Å². The first-order valence-electron chi connectivity index (χ1n) is 7.18. The second kappa shape index (κ2) is 8.47. The molecule has 0 bridgehead atoms. The van der Waals surface area contributed by atoms with Crippen LogP contribution in [0.3, 0.4) is 0 Å². The van der Waals surface area contributed by atoms with Crippen LogP contribution in [0, 0.1) is 0 Å². The number of thioether (sulfide) groups is 1. The number of esters is 1. The molecule has 0 aliphatic carbocycles. The molecule has 0 spiro atoms. The third-order valence-corrected chi connectivity index (χ3v) is 4.67. The van der Waals surface area contributed by atoms with Crippen molar-refractivity contribution >= 4 is 53.1 Å². The summed E-state index contributed by atoms with van der Waals surface area (Å²) in [6, 6.07) is 8.59. The average Bonchev–Trinajstić information content (AvgIpc) is 2.53. The maximum absolute atomic E-state index is 12.0. The fourth-order valence-electron chi connectivity index (χ4n) is 2.14. The number of carbonyl (C=O) groups is 1. The summed E-state index contributed by atoms with van der Waals surface area (Å²) in [5.41, 5.74) is 1.60. The number of hydrogen-bond donors (Lipinski definition) is 1. The Morgan fingerprint density at radius 3 is 2.50 bits per heavy atom. The van der Waals surface area contributed by atoms with Gasteiger partial charge in [-0.15, -0.1) is 11.8 Å². The second-order valence-electron chi connectivity index (χ2n) is 4.81. The smallest absolute Gasteiger partial charge is 0.343 e. The first-order valence-corrected chi connectivity index (χ1v) is 9.16. The van der Waals surface area contributed by atoms with Crippen molar-refractivity contribution in [2.24, 2.45) is 0 Å². The summed E-state index contributed by atoms with van der Waals surface area (Å²) in [6.45, 7) is 1.97. The third kappa shape index (κ3) is 4.26. The number of carbonyl (C=O) groups excluding carboxylic acids is 1. The topological polar surface area (TPSA) is 46.5 Å². The van der Waals surface area contributed by atoms with Crippen LogP contribution in [0.1, 0.15) is 28.4 Å². The molecule has 3 nitrogen and oxygen atoms in total. The summed E-state index contributed by atoms with van der Waals surface area (Å²) in [5.74, 6) is -0.658. The number of aromatic hydroxyl groups is 1. The third-order valence-electron chi connectivity index (χ3n) is 3.25. The van der Waals surface area contributed by atoms with Gasteiger partial charge in [0.25, 0.3) is 0 Å². The van der Waals surface area contributed by atoms with E-state index in [0.717, 1.165) is 5.56 Å². The van der Waals surface area contributed by atoms with E-state index in [4.69, 9.17) is 27.9 Å². The molecule has 0 saturated heterocycles. The number of rotatable bonds is 5. The van der Waals surface area contributed by atoms with Crippen molar-refractivity contribution in [3.05, 3.63) is 57.1 Å². The van der Waals surface area contributed by atoms with Crippen molar-refractivity contribution in [2.75, 3.05) is 12.9 Å². The van der Waals surface area contributed by atoms with Gasteiger partial charge in [-0.05, 0) is 43.0 Å².